The number of rotatable bonds is 5. The summed E-state index contributed by atoms with van der Waals surface area (Å²) in [7, 11) is 0. The van der Waals surface area contributed by atoms with Gasteiger partial charge in [-0.15, -0.1) is 0 Å². The molecule has 0 aliphatic rings. The van der Waals surface area contributed by atoms with Gasteiger partial charge in [-0.2, -0.15) is 0 Å². The number of anilines is 1. The van der Waals surface area contributed by atoms with Crippen LogP contribution in [0.3, 0.4) is 0 Å². The van der Waals surface area contributed by atoms with Crippen LogP contribution >= 0.6 is 0 Å². The summed E-state index contributed by atoms with van der Waals surface area (Å²) in [5.41, 5.74) is 1.88. The smallest absolute Gasteiger partial charge is 0.274 e. The number of carbonyl (C=O) groups excluding carboxylic acids is 1. The Labute approximate surface area is 129 Å². The van der Waals surface area contributed by atoms with E-state index in [0.717, 1.165) is 5.56 Å². The molecule has 0 heterocycles. The largest absolute Gasteiger partial charge is 0.325 e. The maximum atomic E-state index is 12.5. The zero-order valence-corrected chi connectivity index (χ0v) is 12.6. The van der Waals surface area contributed by atoms with Gasteiger partial charge in [-0.25, -0.2) is 0 Å². The zero-order chi connectivity index (χ0) is 16.1. The van der Waals surface area contributed by atoms with Gasteiger partial charge in [-0.1, -0.05) is 43.3 Å². The van der Waals surface area contributed by atoms with Gasteiger partial charge in [-0.05, 0) is 25.0 Å². The van der Waals surface area contributed by atoms with Crippen molar-refractivity contribution in [2.75, 3.05) is 5.32 Å². The van der Waals surface area contributed by atoms with E-state index in [-0.39, 0.29) is 17.5 Å². The molecule has 1 N–H and O–H groups in total. The van der Waals surface area contributed by atoms with Gasteiger partial charge in [0, 0.05) is 6.07 Å². The van der Waals surface area contributed by atoms with E-state index < -0.39 is 4.92 Å². The molecule has 0 unspecified atom stereocenters. The van der Waals surface area contributed by atoms with Gasteiger partial charge < -0.3 is 5.32 Å². The number of nitrogens with one attached hydrogen (secondary N) is 1. The molecule has 0 saturated heterocycles. The van der Waals surface area contributed by atoms with Crippen LogP contribution in [0.1, 0.15) is 30.4 Å². The number of nitro groups is 1. The molecule has 22 heavy (non-hydrogen) atoms. The lowest BCUT2D eigenvalue weighted by Crippen LogP contribution is -2.21. The standard InChI is InChI=1S/C17H18N2O3/c1-3-14(13-8-5-4-6-9-13)17(20)18-15-10-7-11-16(12(15)2)19(21)22/h4-11,14H,3H2,1-2H3,(H,18,20)/t14-/m0/s1. The molecule has 1 atom stereocenters. The molecule has 0 fully saturated rings. The van der Waals surface area contributed by atoms with Crippen molar-refractivity contribution in [2.45, 2.75) is 26.2 Å². The summed E-state index contributed by atoms with van der Waals surface area (Å²) in [6.45, 7) is 3.58. The summed E-state index contributed by atoms with van der Waals surface area (Å²) in [5.74, 6) is -0.433. The van der Waals surface area contributed by atoms with E-state index >= 15 is 0 Å². The van der Waals surface area contributed by atoms with Gasteiger partial charge in [-0.3, -0.25) is 14.9 Å². The average molecular weight is 298 g/mol. The van der Waals surface area contributed by atoms with E-state index in [9.17, 15) is 14.9 Å². The van der Waals surface area contributed by atoms with Crippen LogP contribution in [-0.2, 0) is 4.79 Å². The minimum absolute atomic E-state index is 0.00515. The summed E-state index contributed by atoms with van der Waals surface area (Å²) in [6.07, 6.45) is 0.657. The lowest BCUT2D eigenvalue weighted by Gasteiger charge is -2.16. The number of hydrogen-bond acceptors (Lipinski definition) is 3. The fraction of sp³-hybridized carbons (Fsp3) is 0.235. The molecule has 0 aliphatic carbocycles. The number of nitro benzene ring substituents is 1. The molecule has 2 aromatic rings. The van der Waals surface area contributed by atoms with Gasteiger partial charge in [0.1, 0.15) is 0 Å². The van der Waals surface area contributed by atoms with Crippen LogP contribution in [0.4, 0.5) is 11.4 Å². The predicted molar refractivity (Wildman–Crippen MR) is 85.9 cm³/mol. The van der Waals surface area contributed by atoms with Crippen molar-refractivity contribution in [3.8, 4) is 0 Å². The number of amides is 1. The molecule has 5 nitrogen and oxygen atoms in total. The molecule has 114 valence electrons. The highest BCUT2D eigenvalue weighted by Crippen LogP contribution is 2.27. The van der Waals surface area contributed by atoms with E-state index in [1.54, 1.807) is 19.1 Å². The van der Waals surface area contributed by atoms with E-state index in [1.807, 2.05) is 37.3 Å². The van der Waals surface area contributed by atoms with Gasteiger partial charge in [0.05, 0.1) is 22.1 Å². The summed E-state index contributed by atoms with van der Waals surface area (Å²) in [6, 6.07) is 14.2. The van der Waals surface area contributed by atoms with Crippen molar-refractivity contribution in [1.82, 2.24) is 0 Å². The molecule has 0 aliphatic heterocycles. The monoisotopic (exact) mass is 298 g/mol. The van der Waals surface area contributed by atoms with Crippen LogP contribution in [0, 0.1) is 17.0 Å². The average Bonchev–Trinajstić information content (AvgIpc) is 2.51. The molecular formula is C17H18N2O3. The van der Waals surface area contributed by atoms with E-state index in [1.165, 1.54) is 6.07 Å². The van der Waals surface area contributed by atoms with Crippen molar-refractivity contribution in [3.63, 3.8) is 0 Å². The van der Waals surface area contributed by atoms with Crippen molar-refractivity contribution in [1.29, 1.82) is 0 Å². The first kappa shape index (κ1) is 15.7. The fourth-order valence-corrected chi connectivity index (χ4v) is 2.43. The lowest BCUT2D eigenvalue weighted by atomic mass is 9.95. The molecule has 0 spiro atoms. The second kappa shape index (κ2) is 6.85. The highest BCUT2D eigenvalue weighted by atomic mass is 16.6. The van der Waals surface area contributed by atoms with Gasteiger partial charge in [0.15, 0.2) is 0 Å². The normalized spacial score (nSPS) is 11.7. The molecule has 2 rings (SSSR count). The third-order valence-electron chi connectivity index (χ3n) is 3.69. The van der Waals surface area contributed by atoms with Crippen molar-refractivity contribution < 1.29 is 9.72 Å². The Bertz CT molecular complexity index is 684. The van der Waals surface area contributed by atoms with E-state index in [4.69, 9.17) is 0 Å². The van der Waals surface area contributed by atoms with Crippen molar-refractivity contribution in [2.24, 2.45) is 0 Å². The van der Waals surface area contributed by atoms with Crippen LogP contribution in [0.15, 0.2) is 48.5 Å². The Kier molecular flexibility index (Phi) is 4.88. The summed E-state index contributed by atoms with van der Waals surface area (Å²) in [5, 5.41) is 13.8. The molecular weight excluding hydrogens is 280 g/mol. The number of hydrogen-bond donors (Lipinski definition) is 1. The van der Waals surface area contributed by atoms with Crippen molar-refractivity contribution >= 4 is 17.3 Å². The molecule has 0 radical (unpaired) electrons. The Balaban J connectivity index is 2.25. The molecule has 0 aromatic heterocycles. The van der Waals surface area contributed by atoms with Gasteiger partial charge in [0.25, 0.3) is 5.69 Å². The first-order valence-corrected chi connectivity index (χ1v) is 7.14. The second-order valence-corrected chi connectivity index (χ2v) is 5.07. The Morgan fingerprint density at radius 3 is 2.45 bits per heavy atom. The SMILES string of the molecule is CC[C@H](C(=O)Nc1cccc([N+](=O)[O-])c1C)c1ccccc1. The maximum Gasteiger partial charge on any atom is 0.274 e. The Hall–Kier alpha value is -2.69. The lowest BCUT2D eigenvalue weighted by molar-refractivity contribution is -0.385. The topological polar surface area (TPSA) is 72.2 Å². The van der Waals surface area contributed by atoms with Gasteiger partial charge >= 0.3 is 0 Å². The van der Waals surface area contributed by atoms with E-state index in [2.05, 4.69) is 5.32 Å². The highest BCUT2D eigenvalue weighted by molar-refractivity contribution is 5.96. The van der Waals surface area contributed by atoms with E-state index in [0.29, 0.717) is 17.7 Å². The molecule has 0 bridgehead atoms. The van der Waals surface area contributed by atoms with Crippen LogP contribution in [0.25, 0.3) is 0 Å². The first-order chi connectivity index (χ1) is 10.5. The summed E-state index contributed by atoms with van der Waals surface area (Å²) < 4.78 is 0. The summed E-state index contributed by atoms with van der Waals surface area (Å²) in [4.78, 5) is 23.0. The van der Waals surface area contributed by atoms with Crippen LogP contribution < -0.4 is 5.32 Å². The third-order valence-corrected chi connectivity index (χ3v) is 3.69. The molecule has 1 amide bonds. The zero-order valence-electron chi connectivity index (χ0n) is 12.6. The van der Waals surface area contributed by atoms with Crippen molar-refractivity contribution in [3.05, 3.63) is 69.8 Å². The quantitative estimate of drug-likeness (QED) is 0.669. The minimum Gasteiger partial charge on any atom is -0.325 e. The maximum absolute atomic E-state index is 12.5. The summed E-state index contributed by atoms with van der Waals surface area (Å²) >= 11 is 0. The predicted octanol–water partition coefficient (Wildman–Crippen LogP) is 4.04. The fourth-order valence-electron chi connectivity index (χ4n) is 2.43. The van der Waals surface area contributed by atoms with Crippen LogP contribution in [0.2, 0.25) is 0 Å². The molecule has 2 aromatic carbocycles. The molecule has 5 heteroatoms. The second-order valence-electron chi connectivity index (χ2n) is 5.07. The Morgan fingerprint density at radius 2 is 1.86 bits per heavy atom. The van der Waals surface area contributed by atoms with Gasteiger partial charge in [0.2, 0.25) is 5.91 Å². The number of benzene rings is 2. The molecule has 0 saturated carbocycles. The third kappa shape index (κ3) is 3.31. The van der Waals surface area contributed by atoms with Crippen LogP contribution in [-0.4, -0.2) is 10.8 Å². The minimum atomic E-state index is -0.445. The number of carbonyl (C=O) groups is 1. The first-order valence-electron chi connectivity index (χ1n) is 7.14. The highest BCUT2D eigenvalue weighted by Gasteiger charge is 2.21. The van der Waals surface area contributed by atoms with Crippen LogP contribution in [0.5, 0.6) is 0 Å². The number of nitrogens with zero attached hydrogens (tertiary/aromatic N) is 1. The Morgan fingerprint density at radius 1 is 1.18 bits per heavy atom.